The number of hydrogen-bond donors (Lipinski definition) is 1. The molecule has 0 aromatic carbocycles. The zero-order chi connectivity index (χ0) is 11.6. The maximum absolute atomic E-state index is 11.6. The number of amides is 3. The van der Waals surface area contributed by atoms with Crippen molar-refractivity contribution in [2.24, 2.45) is 0 Å². The van der Waals surface area contributed by atoms with Gasteiger partial charge in [-0.1, -0.05) is 5.57 Å². The molecule has 0 aliphatic carbocycles. The van der Waals surface area contributed by atoms with E-state index < -0.39 is 17.9 Å². The van der Waals surface area contributed by atoms with Crippen LogP contribution in [0, 0.1) is 0 Å². The first-order chi connectivity index (χ1) is 6.91. The van der Waals surface area contributed by atoms with E-state index in [-0.39, 0.29) is 12.5 Å². The van der Waals surface area contributed by atoms with Crippen molar-refractivity contribution < 1.29 is 14.4 Å². The summed E-state index contributed by atoms with van der Waals surface area (Å²) in [6, 6.07) is -0.592. The molecular weight excluding hydrogens is 196 g/mol. The fourth-order valence-electron chi connectivity index (χ4n) is 1.31. The number of hydrogen-bond acceptors (Lipinski definition) is 3. The third-order valence-corrected chi connectivity index (χ3v) is 2.12. The SMILES string of the molecule is CC(C)=CC(=O)N1CC(=O)NC(=O)C1C. The van der Waals surface area contributed by atoms with Gasteiger partial charge < -0.3 is 4.90 Å². The Morgan fingerprint density at radius 2 is 2.07 bits per heavy atom. The maximum Gasteiger partial charge on any atom is 0.249 e. The fourth-order valence-corrected chi connectivity index (χ4v) is 1.31. The first-order valence-corrected chi connectivity index (χ1v) is 4.71. The molecule has 0 saturated carbocycles. The predicted molar refractivity (Wildman–Crippen MR) is 53.8 cm³/mol. The summed E-state index contributed by atoms with van der Waals surface area (Å²) in [5.74, 6) is -1.17. The fraction of sp³-hybridized carbons (Fsp3) is 0.500. The Balaban J connectivity index is 2.84. The lowest BCUT2D eigenvalue weighted by atomic mass is 10.2. The molecular formula is C10H14N2O3. The number of carbonyl (C=O) groups excluding carboxylic acids is 3. The van der Waals surface area contributed by atoms with Gasteiger partial charge in [-0.15, -0.1) is 0 Å². The lowest BCUT2D eigenvalue weighted by Gasteiger charge is -2.30. The first-order valence-electron chi connectivity index (χ1n) is 4.71. The van der Waals surface area contributed by atoms with Gasteiger partial charge in [0, 0.05) is 6.08 Å². The molecule has 1 aliphatic heterocycles. The van der Waals surface area contributed by atoms with E-state index in [1.807, 2.05) is 0 Å². The molecule has 1 unspecified atom stereocenters. The maximum atomic E-state index is 11.6. The van der Waals surface area contributed by atoms with Crippen molar-refractivity contribution >= 4 is 17.7 Å². The van der Waals surface area contributed by atoms with Crippen LogP contribution in [0.5, 0.6) is 0 Å². The average molecular weight is 210 g/mol. The average Bonchev–Trinajstić information content (AvgIpc) is 2.09. The minimum atomic E-state index is -0.592. The highest BCUT2D eigenvalue weighted by atomic mass is 16.2. The van der Waals surface area contributed by atoms with E-state index in [1.54, 1.807) is 20.8 Å². The van der Waals surface area contributed by atoms with Gasteiger partial charge in [-0.2, -0.15) is 0 Å². The van der Waals surface area contributed by atoms with E-state index in [0.29, 0.717) is 0 Å². The minimum absolute atomic E-state index is 0.0600. The Bertz CT molecular complexity index is 343. The number of nitrogens with zero attached hydrogens (tertiary/aromatic N) is 1. The Morgan fingerprint density at radius 3 is 2.60 bits per heavy atom. The van der Waals surface area contributed by atoms with E-state index in [4.69, 9.17) is 0 Å². The molecule has 82 valence electrons. The van der Waals surface area contributed by atoms with E-state index in [1.165, 1.54) is 11.0 Å². The van der Waals surface area contributed by atoms with E-state index in [0.717, 1.165) is 5.57 Å². The Kier molecular flexibility index (Phi) is 3.24. The van der Waals surface area contributed by atoms with Gasteiger partial charge in [0.05, 0.1) is 0 Å². The van der Waals surface area contributed by atoms with Crippen LogP contribution in [-0.4, -0.2) is 35.2 Å². The molecule has 5 heteroatoms. The van der Waals surface area contributed by atoms with Crippen LogP contribution in [0.25, 0.3) is 0 Å². The molecule has 0 bridgehead atoms. The number of rotatable bonds is 1. The van der Waals surface area contributed by atoms with E-state index in [9.17, 15) is 14.4 Å². The molecule has 5 nitrogen and oxygen atoms in total. The zero-order valence-electron chi connectivity index (χ0n) is 9.03. The number of imide groups is 1. The van der Waals surface area contributed by atoms with Crippen LogP contribution < -0.4 is 5.32 Å². The summed E-state index contributed by atoms with van der Waals surface area (Å²) in [6.45, 7) is 5.11. The second-order valence-corrected chi connectivity index (χ2v) is 3.78. The van der Waals surface area contributed by atoms with Crippen molar-refractivity contribution in [3.63, 3.8) is 0 Å². The summed E-state index contributed by atoms with van der Waals surface area (Å²) in [7, 11) is 0. The van der Waals surface area contributed by atoms with Crippen LogP contribution in [0.4, 0.5) is 0 Å². The molecule has 0 aromatic heterocycles. The van der Waals surface area contributed by atoms with E-state index in [2.05, 4.69) is 5.32 Å². The number of allylic oxidation sites excluding steroid dienone is 1. The second-order valence-electron chi connectivity index (χ2n) is 3.78. The van der Waals surface area contributed by atoms with Crippen molar-refractivity contribution in [1.82, 2.24) is 10.2 Å². The van der Waals surface area contributed by atoms with Crippen LogP contribution in [0.2, 0.25) is 0 Å². The van der Waals surface area contributed by atoms with Gasteiger partial charge in [0.1, 0.15) is 12.6 Å². The molecule has 0 aromatic rings. The highest BCUT2D eigenvalue weighted by Gasteiger charge is 2.32. The van der Waals surface area contributed by atoms with Crippen LogP contribution >= 0.6 is 0 Å². The van der Waals surface area contributed by atoms with Crippen LogP contribution in [0.1, 0.15) is 20.8 Å². The third kappa shape index (κ3) is 2.65. The molecule has 1 aliphatic rings. The van der Waals surface area contributed by atoms with Gasteiger partial charge in [-0.05, 0) is 20.8 Å². The van der Waals surface area contributed by atoms with Gasteiger partial charge in [-0.3, -0.25) is 19.7 Å². The highest BCUT2D eigenvalue weighted by molar-refractivity contribution is 6.05. The second kappa shape index (κ2) is 4.25. The third-order valence-electron chi connectivity index (χ3n) is 2.12. The Labute approximate surface area is 88.1 Å². The molecule has 1 N–H and O–H groups in total. The molecule has 15 heavy (non-hydrogen) atoms. The number of nitrogens with one attached hydrogen (secondary N) is 1. The van der Waals surface area contributed by atoms with Crippen molar-refractivity contribution in [2.75, 3.05) is 6.54 Å². The van der Waals surface area contributed by atoms with Gasteiger partial charge in [0.2, 0.25) is 17.7 Å². The smallest absolute Gasteiger partial charge is 0.249 e. The van der Waals surface area contributed by atoms with Crippen LogP contribution in [-0.2, 0) is 14.4 Å². The Morgan fingerprint density at radius 1 is 1.47 bits per heavy atom. The molecule has 1 rings (SSSR count). The van der Waals surface area contributed by atoms with E-state index >= 15 is 0 Å². The number of piperazine rings is 1. The summed E-state index contributed by atoms with van der Waals surface area (Å²) in [4.78, 5) is 35.2. The monoisotopic (exact) mass is 210 g/mol. The molecule has 1 saturated heterocycles. The molecule has 1 heterocycles. The van der Waals surface area contributed by atoms with Gasteiger partial charge >= 0.3 is 0 Å². The first kappa shape index (κ1) is 11.4. The summed E-state index contributed by atoms with van der Waals surface area (Å²) >= 11 is 0. The normalized spacial score (nSPS) is 21.0. The summed E-state index contributed by atoms with van der Waals surface area (Å²) < 4.78 is 0. The molecule has 0 radical (unpaired) electrons. The largest absolute Gasteiger partial charge is 0.318 e. The van der Waals surface area contributed by atoms with Gasteiger partial charge in [-0.25, -0.2) is 0 Å². The van der Waals surface area contributed by atoms with Gasteiger partial charge in [0.25, 0.3) is 0 Å². The quantitative estimate of drug-likeness (QED) is 0.482. The molecule has 1 atom stereocenters. The minimum Gasteiger partial charge on any atom is -0.318 e. The van der Waals surface area contributed by atoms with Crippen molar-refractivity contribution in [2.45, 2.75) is 26.8 Å². The predicted octanol–water partition coefficient (Wildman–Crippen LogP) is -0.174. The molecule has 3 amide bonds. The highest BCUT2D eigenvalue weighted by Crippen LogP contribution is 2.06. The summed E-state index contributed by atoms with van der Waals surface area (Å²) in [5.41, 5.74) is 0.839. The zero-order valence-corrected chi connectivity index (χ0v) is 9.03. The lowest BCUT2D eigenvalue weighted by molar-refractivity contribution is -0.147. The van der Waals surface area contributed by atoms with Crippen molar-refractivity contribution in [3.8, 4) is 0 Å². The number of carbonyl (C=O) groups is 3. The van der Waals surface area contributed by atoms with Crippen molar-refractivity contribution in [1.29, 1.82) is 0 Å². The van der Waals surface area contributed by atoms with Gasteiger partial charge in [0.15, 0.2) is 0 Å². The Hall–Kier alpha value is -1.65. The summed E-state index contributed by atoms with van der Waals surface area (Å²) in [5, 5.41) is 2.17. The summed E-state index contributed by atoms with van der Waals surface area (Å²) in [6.07, 6.45) is 1.42. The van der Waals surface area contributed by atoms with Crippen LogP contribution in [0.15, 0.2) is 11.6 Å². The lowest BCUT2D eigenvalue weighted by Crippen LogP contribution is -2.58. The topological polar surface area (TPSA) is 66.5 Å². The molecule has 1 fully saturated rings. The molecule has 0 spiro atoms. The standard InChI is InChI=1S/C10H14N2O3/c1-6(2)4-9(14)12-5-8(13)11-10(15)7(12)3/h4,7H,5H2,1-3H3,(H,11,13,15). The van der Waals surface area contributed by atoms with Crippen LogP contribution in [0.3, 0.4) is 0 Å². The van der Waals surface area contributed by atoms with Crippen molar-refractivity contribution in [3.05, 3.63) is 11.6 Å².